The van der Waals surface area contributed by atoms with Gasteiger partial charge in [-0.15, -0.1) is 0 Å². The quantitative estimate of drug-likeness (QED) is 0.734. The van der Waals surface area contributed by atoms with E-state index in [1.807, 2.05) is 12.1 Å². The fourth-order valence-electron chi connectivity index (χ4n) is 1.73. The Balaban J connectivity index is 2.70. The zero-order valence-corrected chi connectivity index (χ0v) is 8.80. The lowest BCUT2D eigenvalue weighted by molar-refractivity contribution is 0.112. The van der Waals surface area contributed by atoms with Gasteiger partial charge >= 0.3 is 0 Å². The first-order valence-electron chi connectivity index (χ1n) is 4.79. The SMILES string of the molecule is COc1ccc2c(c1)c(C=O)cn2CC#N. The van der Waals surface area contributed by atoms with Crippen molar-refractivity contribution >= 4 is 17.2 Å². The summed E-state index contributed by atoms with van der Waals surface area (Å²) in [7, 11) is 1.58. The van der Waals surface area contributed by atoms with Gasteiger partial charge in [0.2, 0.25) is 0 Å². The van der Waals surface area contributed by atoms with Gasteiger partial charge in [-0.05, 0) is 18.2 Å². The van der Waals surface area contributed by atoms with Crippen molar-refractivity contribution in [2.75, 3.05) is 7.11 Å². The van der Waals surface area contributed by atoms with E-state index in [0.29, 0.717) is 11.3 Å². The molecule has 0 atom stereocenters. The third kappa shape index (κ3) is 1.52. The molecule has 0 N–H and O–H groups in total. The molecule has 0 saturated heterocycles. The van der Waals surface area contributed by atoms with Gasteiger partial charge in [0, 0.05) is 22.7 Å². The van der Waals surface area contributed by atoms with Crippen LogP contribution in [0.3, 0.4) is 0 Å². The normalized spacial score (nSPS) is 10.0. The predicted molar refractivity (Wildman–Crippen MR) is 59.5 cm³/mol. The van der Waals surface area contributed by atoms with Crippen LogP contribution in [0, 0.1) is 11.3 Å². The van der Waals surface area contributed by atoms with Gasteiger partial charge in [-0.2, -0.15) is 5.26 Å². The van der Waals surface area contributed by atoms with E-state index in [4.69, 9.17) is 10.00 Å². The van der Waals surface area contributed by atoms with Crippen LogP contribution in [0.25, 0.3) is 10.9 Å². The van der Waals surface area contributed by atoms with Gasteiger partial charge < -0.3 is 9.30 Å². The fraction of sp³-hybridized carbons (Fsp3) is 0.167. The summed E-state index contributed by atoms with van der Waals surface area (Å²) in [6.45, 7) is 0.233. The van der Waals surface area contributed by atoms with Gasteiger partial charge in [-0.25, -0.2) is 0 Å². The first-order valence-corrected chi connectivity index (χ1v) is 4.79. The minimum atomic E-state index is 0.233. The zero-order chi connectivity index (χ0) is 11.5. The van der Waals surface area contributed by atoms with Gasteiger partial charge in [-0.1, -0.05) is 0 Å². The number of aromatic nitrogens is 1. The summed E-state index contributed by atoms with van der Waals surface area (Å²) in [5.41, 5.74) is 1.44. The van der Waals surface area contributed by atoms with E-state index in [1.165, 1.54) is 0 Å². The van der Waals surface area contributed by atoms with Crippen molar-refractivity contribution in [3.63, 3.8) is 0 Å². The number of methoxy groups -OCH3 is 1. The number of benzene rings is 1. The maximum atomic E-state index is 10.9. The summed E-state index contributed by atoms with van der Waals surface area (Å²) < 4.78 is 6.85. The number of nitrogens with zero attached hydrogens (tertiary/aromatic N) is 2. The number of hydrogen-bond acceptors (Lipinski definition) is 3. The van der Waals surface area contributed by atoms with Crippen LogP contribution in [0.4, 0.5) is 0 Å². The van der Waals surface area contributed by atoms with Crippen LogP contribution >= 0.6 is 0 Å². The summed E-state index contributed by atoms with van der Waals surface area (Å²) in [5, 5.41) is 9.49. The molecule has 2 aromatic rings. The van der Waals surface area contributed by atoms with Gasteiger partial charge in [0.05, 0.1) is 13.2 Å². The van der Waals surface area contributed by atoms with E-state index in [2.05, 4.69) is 6.07 Å². The van der Waals surface area contributed by atoms with E-state index in [1.54, 1.807) is 23.9 Å². The summed E-state index contributed by atoms with van der Waals surface area (Å²) in [5.74, 6) is 0.699. The molecule has 0 fully saturated rings. The van der Waals surface area contributed by atoms with Crippen LogP contribution in [0.2, 0.25) is 0 Å². The number of rotatable bonds is 3. The highest BCUT2D eigenvalue weighted by Crippen LogP contribution is 2.24. The average molecular weight is 214 g/mol. The molecule has 4 heteroatoms. The number of carbonyl (C=O) groups excluding carboxylic acids is 1. The largest absolute Gasteiger partial charge is 0.497 e. The van der Waals surface area contributed by atoms with E-state index in [0.717, 1.165) is 17.2 Å². The molecule has 0 bridgehead atoms. The highest BCUT2D eigenvalue weighted by Gasteiger charge is 2.08. The summed E-state index contributed by atoms with van der Waals surface area (Å²) in [4.78, 5) is 10.9. The molecular weight excluding hydrogens is 204 g/mol. The minimum Gasteiger partial charge on any atom is -0.497 e. The van der Waals surface area contributed by atoms with E-state index in [-0.39, 0.29) is 6.54 Å². The topological polar surface area (TPSA) is 55.0 Å². The number of fused-ring (bicyclic) bond motifs is 1. The summed E-state index contributed by atoms with van der Waals surface area (Å²) in [6, 6.07) is 7.51. The van der Waals surface area contributed by atoms with Crippen LogP contribution in [-0.4, -0.2) is 18.0 Å². The van der Waals surface area contributed by atoms with Gasteiger partial charge in [0.15, 0.2) is 6.29 Å². The van der Waals surface area contributed by atoms with Crippen LogP contribution < -0.4 is 4.74 Å². The van der Waals surface area contributed by atoms with Crippen molar-refractivity contribution in [3.8, 4) is 11.8 Å². The molecule has 0 aliphatic carbocycles. The molecule has 0 radical (unpaired) electrons. The molecule has 0 aliphatic heterocycles. The Kier molecular flexibility index (Phi) is 2.61. The van der Waals surface area contributed by atoms with Crippen molar-refractivity contribution in [2.24, 2.45) is 0 Å². The molecular formula is C12H10N2O2. The molecule has 0 saturated carbocycles. The number of hydrogen-bond donors (Lipinski definition) is 0. The molecule has 0 unspecified atom stereocenters. The van der Waals surface area contributed by atoms with Gasteiger partial charge in [0.25, 0.3) is 0 Å². The second-order valence-electron chi connectivity index (χ2n) is 3.37. The third-order valence-corrected chi connectivity index (χ3v) is 2.49. The van der Waals surface area contributed by atoms with E-state index < -0.39 is 0 Å². The Morgan fingerprint density at radius 2 is 2.38 bits per heavy atom. The van der Waals surface area contributed by atoms with Crippen molar-refractivity contribution in [3.05, 3.63) is 30.0 Å². The Morgan fingerprint density at radius 3 is 3.00 bits per heavy atom. The van der Waals surface area contributed by atoms with Crippen molar-refractivity contribution in [1.29, 1.82) is 5.26 Å². The first kappa shape index (κ1) is 10.2. The molecule has 0 amide bonds. The standard InChI is InChI=1S/C12H10N2O2/c1-16-10-2-3-12-11(6-10)9(8-15)7-14(12)5-4-13/h2-3,6-8H,5H2,1H3. The molecule has 16 heavy (non-hydrogen) atoms. The lowest BCUT2D eigenvalue weighted by atomic mass is 10.2. The molecule has 0 spiro atoms. The monoisotopic (exact) mass is 214 g/mol. The fourth-order valence-corrected chi connectivity index (χ4v) is 1.73. The molecule has 2 rings (SSSR count). The van der Waals surface area contributed by atoms with Crippen LogP contribution in [0.1, 0.15) is 10.4 Å². The van der Waals surface area contributed by atoms with E-state index >= 15 is 0 Å². The second-order valence-corrected chi connectivity index (χ2v) is 3.37. The van der Waals surface area contributed by atoms with Crippen molar-refractivity contribution in [2.45, 2.75) is 6.54 Å². The van der Waals surface area contributed by atoms with Crippen LogP contribution in [0.15, 0.2) is 24.4 Å². The van der Waals surface area contributed by atoms with Gasteiger partial charge in [-0.3, -0.25) is 4.79 Å². The molecule has 1 heterocycles. The lowest BCUT2D eigenvalue weighted by Crippen LogP contribution is -1.92. The Hall–Kier alpha value is -2.28. The molecule has 0 aliphatic rings. The maximum absolute atomic E-state index is 10.9. The number of carbonyl (C=O) groups is 1. The molecule has 1 aromatic heterocycles. The third-order valence-electron chi connectivity index (χ3n) is 2.49. The van der Waals surface area contributed by atoms with Crippen molar-refractivity contribution in [1.82, 2.24) is 4.57 Å². The lowest BCUT2D eigenvalue weighted by Gasteiger charge is -2.01. The predicted octanol–water partition coefficient (Wildman–Crippen LogP) is 1.99. The first-order chi connectivity index (χ1) is 7.80. The zero-order valence-electron chi connectivity index (χ0n) is 8.80. The van der Waals surface area contributed by atoms with Gasteiger partial charge in [0.1, 0.15) is 12.3 Å². The highest BCUT2D eigenvalue weighted by atomic mass is 16.5. The van der Waals surface area contributed by atoms with Crippen molar-refractivity contribution < 1.29 is 9.53 Å². The highest BCUT2D eigenvalue weighted by molar-refractivity contribution is 5.98. The van der Waals surface area contributed by atoms with Crippen LogP contribution in [-0.2, 0) is 6.54 Å². The Bertz CT molecular complexity index is 578. The molecule has 4 nitrogen and oxygen atoms in total. The second kappa shape index (κ2) is 4.07. The maximum Gasteiger partial charge on any atom is 0.152 e. The smallest absolute Gasteiger partial charge is 0.152 e. The summed E-state index contributed by atoms with van der Waals surface area (Å²) >= 11 is 0. The number of aldehydes is 1. The number of ether oxygens (including phenoxy) is 1. The molecule has 1 aromatic carbocycles. The Labute approximate surface area is 92.7 Å². The van der Waals surface area contributed by atoms with E-state index in [9.17, 15) is 4.79 Å². The van der Waals surface area contributed by atoms with Crippen LogP contribution in [0.5, 0.6) is 5.75 Å². The minimum absolute atomic E-state index is 0.233. The Morgan fingerprint density at radius 1 is 1.56 bits per heavy atom. The summed E-state index contributed by atoms with van der Waals surface area (Å²) in [6.07, 6.45) is 2.47. The molecule has 80 valence electrons. The number of nitriles is 1. The average Bonchev–Trinajstić information content (AvgIpc) is 2.67.